The molecule has 3 saturated heterocycles. The molecule has 13 rings (SSSR count). The lowest BCUT2D eigenvalue weighted by atomic mass is 10.0. The molecule has 503 valence electrons. The Kier molecular flexibility index (Phi) is 17.0. The molecule has 7 fully saturated rings. The Morgan fingerprint density at radius 3 is 1.25 bits per heavy atom. The summed E-state index contributed by atoms with van der Waals surface area (Å²) >= 11 is 0. The predicted molar refractivity (Wildman–Crippen MR) is 349 cm³/mol. The third kappa shape index (κ3) is 13.0. The molecular formula is C70H72F3N8O13S2. The van der Waals surface area contributed by atoms with Crippen molar-refractivity contribution in [2.45, 2.75) is 92.1 Å². The van der Waals surface area contributed by atoms with E-state index in [2.05, 4.69) is 6.07 Å². The summed E-state index contributed by atoms with van der Waals surface area (Å²) < 4.78 is 104. The number of rotatable bonds is 18. The second kappa shape index (κ2) is 24.7. The van der Waals surface area contributed by atoms with E-state index in [1.54, 1.807) is 139 Å². The van der Waals surface area contributed by atoms with Crippen LogP contribution in [0.3, 0.4) is 0 Å². The quantitative estimate of drug-likeness (QED) is 0.0810. The largest absolute Gasteiger partial charge is 0.390 e. The first kappa shape index (κ1) is 65.9. The van der Waals surface area contributed by atoms with E-state index in [-0.39, 0.29) is 137 Å². The fourth-order valence-electron chi connectivity index (χ4n) is 13.1. The van der Waals surface area contributed by atoms with Crippen LogP contribution in [-0.4, -0.2) is 215 Å². The van der Waals surface area contributed by atoms with Gasteiger partial charge in [-0.15, -0.1) is 0 Å². The highest BCUT2D eigenvalue weighted by Crippen LogP contribution is 2.55. The first-order chi connectivity index (χ1) is 45.6. The van der Waals surface area contributed by atoms with Crippen LogP contribution in [0.25, 0.3) is 33.4 Å². The number of nitrogens with zero attached hydrogens (tertiary/aromatic N) is 8. The zero-order valence-corrected chi connectivity index (χ0v) is 54.3. The number of piperazine rings is 3. The fourth-order valence-corrected chi connectivity index (χ4v) is 17.0. The Balaban J connectivity index is 0.808. The SMILES string of the molecule is CC1(S(=O)(=O)N(c2cccc(-c3ccc(C(=O)N4CCN(C(=O)C5(O)CC5)CC4)cc3)c2)c2cc[c]cc2-c2ccc(C(=O)N3CCN(C(=O)C4(O)CC4)CC3)cc2)CC1N(c1cccc(-c2ccc(C(=O)N3CCN(C(=O)C4(O)CC4)CC3)cc2)c1)S(=O)(=O)CCC(F)(F)F. The zero-order chi connectivity index (χ0) is 67.9. The number of benzene rings is 6. The van der Waals surface area contributed by atoms with Gasteiger partial charge in [-0.1, -0.05) is 66.7 Å². The molecule has 3 heterocycles. The summed E-state index contributed by atoms with van der Waals surface area (Å²) in [5.41, 5.74) is -0.246. The average Bonchev–Trinajstić information content (AvgIpc) is 1.53. The number of amides is 6. The van der Waals surface area contributed by atoms with Gasteiger partial charge in [-0.25, -0.2) is 21.1 Å². The summed E-state index contributed by atoms with van der Waals surface area (Å²) in [6, 6.07) is 38.3. The van der Waals surface area contributed by atoms with Gasteiger partial charge in [0, 0.05) is 101 Å². The monoisotopic (exact) mass is 1350 g/mol. The van der Waals surface area contributed by atoms with E-state index in [1.165, 1.54) is 37.3 Å². The highest BCUT2D eigenvalue weighted by molar-refractivity contribution is 7.95. The molecule has 3 N–H and O–H groups in total. The number of anilines is 3. The lowest BCUT2D eigenvalue weighted by Crippen LogP contribution is -2.53. The number of hydrogen-bond acceptors (Lipinski definition) is 13. The lowest BCUT2D eigenvalue weighted by molar-refractivity contribution is -0.144. The Labute approximate surface area is 554 Å². The minimum Gasteiger partial charge on any atom is -0.380 e. The molecule has 3 aliphatic heterocycles. The van der Waals surface area contributed by atoms with Crippen molar-refractivity contribution in [2.75, 3.05) is 92.9 Å². The third-order valence-corrected chi connectivity index (χ3v) is 24.0. The molecule has 7 aliphatic rings. The van der Waals surface area contributed by atoms with Gasteiger partial charge in [0.25, 0.3) is 35.4 Å². The second-order valence-corrected chi connectivity index (χ2v) is 30.6. The smallest absolute Gasteiger partial charge is 0.380 e. The summed E-state index contributed by atoms with van der Waals surface area (Å²) in [5, 5.41) is 31.2. The highest BCUT2D eigenvalue weighted by Gasteiger charge is 2.67. The van der Waals surface area contributed by atoms with Crippen LogP contribution in [0.15, 0.2) is 140 Å². The van der Waals surface area contributed by atoms with Crippen LogP contribution in [0.1, 0.15) is 89.4 Å². The molecule has 4 aliphatic carbocycles. The Morgan fingerprint density at radius 2 is 0.865 bits per heavy atom. The topological polar surface area (TPSA) is 257 Å². The molecule has 0 aromatic heterocycles. The van der Waals surface area contributed by atoms with Crippen molar-refractivity contribution in [3.05, 3.63) is 162 Å². The number of aliphatic hydroxyl groups is 3. The molecule has 96 heavy (non-hydrogen) atoms. The van der Waals surface area contributed by atoms with E-state index in [4.69, 9.17) is 0 Å². The van der Waals surface area contributed by atoms with Crippen LogP contribution in [0.2, 0.25) is 0 Å². The van der Waals surface area contributed by atoms with Crippen molar-refractivity contribution in [2.24, 2.45) is 0 Å². The molecule has 0 spiro atoms. The van der Waals surface area contributed by atoms with E-state index in [0.717, 1.165) is 8.61 Å². The van der Waals surface area contributed by atoms with Crippen molar-refractivity contribution in [3.63, 3.8) is 0 Å². The highest BCUT2D eigenvalue weighted by atomic mass is 32.2. The molecule has 2 unspecified atom stereocenters. The lowest BCUT2D eigenvalue weighted by Gasteiger charge is -2.35. The van der Waals surface area contributed by atoms with Gasteiger partial charge in [0.1, 0.15) is 21.6 Å². The standard InChI is InChI=1S/C70H72F3N8O13S2/c1-66(46-59(66)81(95(91,92)43-30-70(71,72)73)56-9-5-7-54(45-56)48-14-20-51(21-15-48)61(83)75-33-39-78(40-34-75)64(86)68(89)26-27-68)96(93,94)80(55-8-4-6-53(44-55)47-12-18-50(19-13-47)60(82)74-31-37-77(38-32-74)63(85)67(88)24-25-67)58-11-3-2-10-57(58)49-16-22-52(23-17-49)62(84)76-35-41-79(42-36-76)65(87)69(90)28-29-69/h3-23,44-45,59,88-90H,24-43,46H2,1H3. The van der Waals surface area contributed by atoms with Gasteiger partial charge in [-0.05, 0) is 159 Å². The maximum absolute atomic E-state index is 16.3. The number of sulfonamides is 2. The maximum atomic E-state index is 16.3. The van der Waals surface area contributed by atoms with Crippen molar-refractivity contribution in [1.82, 2.24) is 29.4 Å². The fraction of sp³-hybridized carbons (Fsp3) is 0.400. The van der Waals surface area contributed by atoms with Gasteiger partial charge >= 0.3 is 6.18 Å². The van der Waals surface area contributed by atoms with Crippen molar-refractivity contribution in [3.8, 4) is 33.4 Å². The molecule has 2 atom stereocenters. The number of carbonyl (C=O) groups is 6. The van der Waals surface area contributed by atoms with Gasteiger partial charge in [0.05, 0.1) is 35.3 Å². The van der Waals surface area contributed by atoms with Crippen LogP contribution in [0, 0.1) is 6.07 Å². The predicted octanol–water partition coefficient (Wildman–Crippen LogP) is 6.70. The van der Waals surface area contributed by atoms with E-state index in [1.807, 2.05) is 0 Å². The minimum atomic E-state index is -5.00. The van der Waals surface area contributed by atoms with Crippen molar-refractivity contribution >= 4 is 72.6 Å². The van der Waals surface area contributed by atoms with Crippen LogP contribution in [0.5, 0.6) is 0 Å². The average molecular weight is 1350 g/mol. The van der Waals surface area contributed by atoms with Crippen LogP contribution < -0.4 is 8.61 Å². The Hall–Kier alpha value is -8.69. The molecule has 6 aromatic carbocycles. The molecule has 6 aromatic rings. The van der Waals surface area contributed by atoms with Crippen LogP contribution >= 0.6 is 0 Å². The van der Waals surface area contributed by atoms with Crippen LogP contribution in [0.4, 0.5) is 30.2 Å². The zero-order valence-electron chi connectivity index (χ0n) is 52.7. The third-order valence-electron chi connectivity index (χ3n) is 19.7. The second-order valence-electron chi connectivity index (χ2n) is 26.4. The number of carbonyl (C=O) groups excluding carboxylic acids is 6. The first-order valence-corrected chi connectivity index (χ1v) is 35.2. The summed E-state index contributed by atoms with van der Waals surface area (Å²) in [6.07, 6.45) is -4.62. The number of hydrogen-bond donors (Lipinski definition) is 3. The molecule has 0 bridgehead atoms. The molecular weight excluding hydrogens is 1280 g/mol. The molecule has 26 heteroatoms. The van der Waals surface area contributed by atoms with Crippen molar-refractivity contribution < 1.29 is 74.1 Å². The van der Waals surface area contributed by atoms with E-state index >= 15 is 8.42 Å². The Morgan fingerprint density at radius 1 is 0.500 bits per heavy atom. The number of alkyl halides is 3. The summed E-state index contributed by atoms with van der Waals surface area (Å²) in [4.78, 5) is 89.4. The van der Waals surface area contributed by atoms with E-state index < -0.39 is 66.0 Å². The van der Waals surface area contributed by atoms with Gasteiger partial charge in [0.2, 0.25) is 20.0 Å². The molecule has 1 radical (unpaired) electrons. The number of halogens is 3. The van der Waals surface area contributed by atoms with Gasteiger partial charge in [0.15, 0.2) is 0 Å². The molecule has 21 nitrogen and oxygen atoms in total. The van der Waals surface area contributed by atoms with Crippen molar-refractivity contribution in [1.29, 1.82) is 0 Å². The van der Waals surface area contributed by atoms with Crippen LogP contribution in [-0.2, 0) is 34.4 Å². The Bertz CT molecular complexity index is 4300. The minimum absolute atomic E-state index is 0.0740. The van der Waals surface area contributed by atoms with Gasteiger partial charge in [-0.3, -0.25) is 33.1 Å². The molecule has 4 saturated carbocycles. The maximum Gasteiger partial charge on any atom is 0.390 e. The van der Waals surface area contributed by atoms with Gasteiger partial charge < -0.3 is 44.7 Å². The van der Waals surface area contributed by atoms with E-state index in [9.17, 15) is 65.7 Å². The normalized spacial score (nSPS) is 21.1. The first-order valence-electron chi connectivity index (χ1n) is 32.2. The summed E-state index contributed by atoms with van der Waals surface area (Å²) in [7, 11) is -9.93. The van der Waals surface area contributed by atoms with Gasteiger partial charge in [-0.2, -0.15) is 13.2 Å². The van der Waals surface area contributed by atoms with E-state index in [0.29, 0.717) is 88.6 Å². The summed E-state index contributed by atoms with van der Waals surface area (Å²) in [6.45, 7) is 4.31. The molecule has 6 amide bonds. The summed E-state index contributed by atoms with van der Waals surface area (Å²) in [5.74, 6) is -3.34.